The summed E-state index contributed by atoms with van der Waals surface area (Å²) < 4.78 is 25.7. The molecule has 152 valence electrons. The van der Waals surface area contributed by atoms with Gasteiger partial charge >= 0.3 is 0 Å². The molecular formula is C28H29FN+. The first-order valence-corrected chi connectivity index (χ1v) is 10.6. The molecule has 0 atom stereocenters. The van der Waals surface area contributed by atoms with Gasteiger partial charge in [-0.05, 0) is 59.5 Å². The topological polar surface area (TPSA) is 3.88 Å². The van der Waals surface area contributed by atoms with Crippen LogP contribution in [0.1, 0.15) is 32.0 Å². The van der Waals surface area contributed by atoms with Crippen LogP contribution in [0.5, 0.6) is 0 Å². The van der Waals surface area contributed by atoms with Gasteiger partial charge < -0.3 is 0 Å². The molecule has 0 amide bonds. The molecule has 0 saturated heterocycles. The molecule has 2 heteroatoms. The van der Waals surface area contributed by atoms with E-state index in [1.54, 1.807) is 6.07 Å². The second-order valence-corrected chi connectivity index (χ2v) is 8.61. The van der Waals surface area contributed by atoms with Gasteiger partial charge in [-0.2, -0.15) is 4.57 Å². The van der Waals surface area contributed by atoms with Gasteiger partial charge in [0.1, 0.15) is 12.9 Å². The third-order valence-corrected chi connectivity index (χ3v) is 5.79. The van der Waals surface area contributed by atoms with Crippen molar-refractivity contribution in [2.24, 2.45) is 13.0 Å². The smallest absolute Gasteiger partial charge is 0.206 e. The Morgan fingerprint density at radius 3 is 2.40 bits per heavy atom. The Balaban J connectivity index is 2.02. The summed E-state index contributed by atoms with van der Waals surface area (Å²) in [5, 5.41) is 1.98. The normalized spacial score (nSPS) is 11.9. The molecule has 1 aromatic heterocycles. The zero-order valence-electron chi connectivity index (χ0n) is 19.4. The van der Waals surface area contributed by atoms with Crippen LogP contribution in [0, 0.1) is 25.6 Å². The third-order valence-electron chi connectivity index (χ3n) is 5.79. The van der Waals surface area contributed by atoms with Gasteiger partial charge in [0.25, 0.3) is 0 Å². The first-order valence-electron chi connectivity index (χ1n) is 11.1. The van der Waals surface area contributed by atoms with Crippen LogP contribution in [0.2, 0.25) is 0 Å². The number of aryl methyl sites for hydroxylation is 1. The van der Waals surface area contributed by atoms with E-state index in [0.717, 1.165) is 45.3 Å². The SMILES string of the molecule is [2H]c1c(C)[n+](C)c(-c2cc(-c3ccccc3)c(F)cc2C)c2ccc(CC(C)C)cc12. The summed E-state index contributed by atoms with van der Waals surface area (Å²) in [6, 6.07) is 20.3. The van der Waals surface area contributed by atoms with E-state index in [1.807, 2.05) is 57.3 Å². The maximum atomic E-state index is 14.9. The summed E-state index contributed by atoms with van der Waals surface area (Å²) in [6.07, 6.45) is 0.985. The van der Waals surface area contributed by atoms with Gasteiger partial charge in [0, 0.05) is 18.5 Å². The van der Waals surface area contributed by atoms with Crippen molar-refractivity contribution in [1.82, 2.24) is 0 Å². The fourth-order valence-electron chi connectivity index (χ4n) is 4.22. The van der Waals surface area contributed by atoms with Crippen LogP contribution in [-0.4, -0.2) is 0 Å². The standard InChI is InChI=1S/C28H29FN/c1-18(2)13-21-11-12-24-23(16-21)15-20(4)30(5)28(24)25-17-26(27(29)14-19(25)3)22-9-7-6-8-10-22/h6-12,14-18H,13H2,1-5H3/q+1/i15D. The Hall–Kier alpha value is -3.00. The van der Waals surface area contributed by atoms with E-state index in [1.165, 1.54) is 5.56 Å². The van der Waals surface area contributed by atoms with Crippen molar-refractivity contribution in [3.05, 3.63) is 89.3 Å². The second kappa shape index (κ2) is 8.02. The van der Waals surface area contributed by atoms with Crippen molar-refractivity contribution < 1.29 is 10.3 Å². The fourth-order valence-corrected chi connectivity index (χ4v) is 4.22. The molecule has 1 nitrogen and oxygen atoms in total. The number of hydrogen-bond acceptors (Lipinski definition) is 0. The molecule has 0 saturated carbocycles. The first kappa shape index (κ1) is 19.0. The third kappa shape index (κ3) is 3.75. The summed E-state index contributed by atoms with van der Waals surface area (Å²) in [5.41, 5.74) is 6.50. The number of aromatic nitrogens is 1. The Bertz CT molecular complexity index is 1280. The Kier molecular flexibility index (Phi) is 5.08. The van der Waals surface area contributed by atoms with Crippen molar-refractivity contribution in [1.29, 1.82) is 0 Å². The van der Waals surface area contributed by atoms with Gasteiger partial charge in [0.05, 0.1) is 12.3 Å². The van der Waals surface area contributed by atoms with E-state index in [2.05, 4.69) is 36.6 Å². The number of hydrogen-bond donors (Lipinski definition) is 0. The molecule has 30 heavy (non-hydrogen) atoms. The monoisotopic (exact) mass is 399 g/mol. The number of nitrogens with zero attached hydrogens (tertiary/aromatic N) is 1. The van der Waals surface area contributed by atoms with Gasteiger partial charge in [-0.1, -0.05) is 56.3 Å². The zero-order valence-corrected chi connectivity index (χ0v) is 18.4. The zero-order chi connectivity index (χ0) is 22.3. The van der Waals surface area contributed by atoms with Crippen molar-refractivity contribution >= 4 is 10.8 Å². The summed E-state index contributed by atoms with van der Waals surface area (Å²) in [7, 11) is 2.00. The van der Waals surface area contributed by atoms with Crippen molar-refractivity contribution in [3.8, 4) is 22.4 Å². The molecule has 0 aliphatic carbocycles. The number of pyridine rings is 1. The van der Waals surface area contributed by atoms with E-state index in [9.17, 15) is 4.39 Å². The molecule has 0 radical (unpaired) electrons. The quantitative estimate of drug-likeness (QED) is 0.327. The highest BCUT2D eigenvalue weighted by atomic mass is 19.1. The lowest BCUT2D eigenvalue weighted by Crippen LogP contribution is -2.35. The molecule has 0 fully saturated rings. The highest BCUT2D eigenvalue weighted by molar-refractivity contribution is 5.95. The summed E-state index contributed by atoms with van der Waals surface area (Å²) in [5.74, 6) is 0.340. The molecule has 3 aromatic carbocycles. The van der Waals surface area contributed by atoms with Gasteiger partial charge in [-0.15, -0.1) is 0 Å². The predicted molar refractivity (Wildman–Crippen MR) is 124 cm³/mol. The van der Waals surface area contributed by atoms with Crippen LogP contribution < -0.4 is 4.57 Å². The lowest BCUT2D eigenvalue weighted by Gasteiger charge is -2.14. The molecule has 0 bridgehead atoms. The lowest BCUT2D eigenvalue weighted by atomic mass is 9.93. The molecule has 1 heterocycles. The van der Waals surface area contributed by atoms with E-state index >= 15 is 0 Å². The molecular weight excluding hydrogens is 369 g/mol. The average molecular weight is 400 g/mol. The highest BCUT2D eigenvalue weighted by Crippen LogP contribution is 2.34. The van der Waals surface area contributed by atoms with E-state index in [4.69, 9.17) is 1.37 Å². The Morgan fingerprint density at radius 1 is 0.967 bits per heavy atom. The minimum absolute atomic E-state index is 0.215. The van der Waals surface area contributed by atoms with Gasteiger partial charge in [-0.3, -0.25) is 0 Å². The summed E-state index contributed by atoms with van der Waals surface area (Å²) in [4.78, 5) is 0. The Labute approximate surface area is 180 Å². The molecule has 0 spiro atoms. The van der Waals surface area contributed by atoms with E-state index < -0.39 is 0 Å². The van der Waals surface area contributed by atoms with Crippen molar-refractivity contribution in [3.63, 3.8) is 0 Å². The maximum absolute atomic E-state index is 14.9. The number of halogens is 1. The second-order valence-electron chi connectivity index (χ2n) is 8.61. The fraction of sp³-hybridized carbons (Fsp3) is 0.250. The van der Waals surface area contributed by atoms with E-state index in [0.29, 0.717) is 17.5 Å². The van der Waals surface area contributed by atoms with E-state index in [-0.39, 0.29) is 5.82 Å². The minimum Gasteiger partial charge on any atom is -0.206 e. The first-order chi connectivity index (χ1) is 14.8. The number of fused-ring (bicyclic) bond motifs is 1. The van der Waals surface area contributed by atoms with Crippen LogP contribution in [0.4, 0.5) is 4.39 Å². The predicted octanol–water partition coefficient (Wildman–Crippen LogP) is 6.95. The molecule has 4 rings (SSSR count). The molecule has 0 aliphatic rings. The van der Waals surface area contributed by atoms with Crippen LogP contribution >= 0.6 is 0 Å². The van der Waals surface area contributed by atoms with Crippen molar-refractivity contribution in [2.45, 2.75) is 34.1 Å². The van der Waals surface area contributed by atoms with Crippen LogP contribution in [0.25, 0.3) is 33.2 Å². The number of benzene rings is 3. The van der Waals surface area contributed by atoms with Crippen molar-refractivity contribution in [2.75, 3.05) is 0 Å². The van der Waals surface area contributed by atoms with Crippen LogP contribution in [-0.2, 0) is 13.5 Å². The highest BCUT2D eigenvalue weighted by Gasteiger charge is 2.22. The summed E-state index contributed by atoms with van der Waals surface area (Å²) >= 11 is 0. The minimum atomic E-state index is -0.215. The van der Waals surface area contributed by atoms with Crippen LogP contribution in [0.3, 0.4) is 0 Å². The average Bonchev–Trinajstić information content (AvgIpc) is 2.74. The molecule has 4 aromatic rings. The van der Waals surface area contributed by atoms with Gasteiger partial charge in [0.2, 0.25) is 5.69 Å². The molecule has 0 unspecified atom stereocenters. The molecule has 0 aliphatic heterocycles. The van der Waals surface area contributed by atoms with Gasteiger partial charge in [0.15, 0.2) is 5.69 Å². The number of rotatable bonds is 4. The maximum Gasteiger partial charge on any atom is 0.220 e. The lowest BCUT2D eigenvalue weighted by molar-refractivity contribution is -0.665. The van der Waals surface area contributed by atoms with Crippen LogP contribution in [0.15, 0.2) is 66.7 Å². The largest absolute Gasteiger partial charge is 0.220 e. The van der Waals surface area contributed by atoms with Gasteiger partial charge in [-0.25, -0.2) is 4.39 Å². The Morgan fingerprint density at radius 2 is 1.70 bits per heavy atom. The molecule has 0 N–H and O–H groups in total. The summed E-state index contributed by atoms with van der Waals surface area (Å²) in [6.45, 7) is 8.36.